The van der Waals surface area contributed by atoms with E-state index in [1.165, 1.54) is 0 Å². The van der Waals surface area contributed by atoms with E-state index in [1.807, 2.05) is 19.1 Å². The van der Waals surface area contributed by atoms with E-state index < -0.39 is 0 Å². The summed E-state index contributed by atoms with van der Waals surface area (Å²) < 4.78 is 11.4. The lowest BCUT2D eigenvalue weighted by Crippen LogP contribution is -2.03. The highest BCUT2D eigenvalue weighted by molar-refractivity contribution is 7.13. The molecule has 0 aliphatic heterocycles. The fourth-order valence-corrected chi connectivity index (χ4v) is 2.68. The molecule has 0 bridgehead atoms. The van der Waals surface area contributed by atoms with Crippen LogP contribution in [0.3, 0.4) is 0 Å². The molecule has 0 amide bonds. The summed E-state index contributed by atoms with van der Waals surface area (Å²) in [6.45, 7) is 7.33. The van der Waals surface area contributed by atoms with Crippen molar-refractivity contribution in [1.29, 1.82) is 0 Å². The first-order valence-corrected chi connectivity index (χ1v) is 8.15. The highest BCUT2D eigenvalue weighted by Crippen LogP contribution is 2.36. The Labute approximate surface area is 133 Å². The van der Waals surface area contributed by atoms with E-state index in [-0.39, 0.29) is 10.8 Å². The van der Waals surface area contributed by atoms with Gasteiger partial charge in [0.25, 0.3) is 0 Å². The normalized spacial score (nSPS) is 10.9. The van der Waals surface area contributed by atoms with Gasteiger partial charge in [0, 0.05) is 5.56 Å². The maximum atomic E-state index is 11.3. The van der Waals surface area contributed by atoms with Crippen molar-refractivity contribution in [2.45, 2.75) is 27.2 Å². The molecule has 22 heavy (non-hydrogen) atoms. The van der Waals surface area contributed by atoms with Gasteiger partial charge in [-0.05, 0) is 37.5 Å². The zero-order valence-electron chi connectivity index (χ0n) is 13.0. The van der Waals surface area contributed by atoms with Crippen LogP contribution in [0.1, 0.15) is 27.2 Å². The maximum absolute atomic E-state index is 11.3. The van der Waals surface area contributed by atoms with Crippen molar-refractivity contribution >= 4 is 11.3 Å². The summed E-state index contributed by atoms with van der Waals surface area (Å²) in [7, 11) is 0. The molecule has 2 aromatic rings. The number of rotatable bonds is 7. The number of thiazole rings is 1. The molecule has 2 rings (SSSR count). The van der Waals surface area contributed by atoms with Gasteiger partial charge in [-0.1, -0.05) is 25.2 Å². The third-order valence-electron chi connectivity index (χ3n) is 3.09. The molecule has 0 atom stereocenters. The minimum atomic E-state index is -0.289. The van der Waals surface area contributed by atoms with Crippen molar-refractivity contribution in [3.8, 4) is 27.8 Å². The van der Waals surface area contributed by atoms with Crippen LogP contribution in [0, 0.1) is 5.92 Å². The minimum absolute atomic E-state index is 0.120. The molecule has 120 valence electrons. The summed E-state index contributed by atoms with van der Waals surface area (Å²) in [6.07, 6.45) is 0.966. The van der Waals surface area contributed by atoms with Crippen LogP contribution in [0.2, 0.25) is 0 Å². The molecule has 1 aromatic carbocycles. The monoisotopic (exact) mass is 323 g/mol. The molecule has 0 fully saturated rings. The molecule has 0 aliphatic carbocycles. The van der Waals surface area contributed by atoms with Crippen molar-refractivity contribution < 1.29 is 14.6 Å². The molecule has 0 radical (unpaired) electrons. The SMILES string of the molecule is CCOc1cc(-c2sc(=O)[nH]c2O)ccc1OCCC(C)C. The van der Waals surface area contributed by atoms with Gasteiger partial charge in [-0.25, -0.2) is 0 Å². The largest absolute Gasteiger partial charge is 0.493 e. The van der Waals surface area contributed by atoms with Gasteiger partial charge in [0.2, 0.25) is 5.88 Å². The first kappa shape index (κ1) is 16.4. The number of benzene rings is 1. The van der Waals surface area contributed by atoms with Crippen molar-refractivity contribution in [2.75, 3.05) is 13.2 Å². The number of ether oxygens (including phenoxy) is 2. The second kappa shape index (κ2) is 7.35. The number of hydrogen-bond donors (Lipinski definition) is 2. The molecule has 0 saturated heterocycles. The lowest BCUT2D eigenvalue weighted by molar-refractivity contribution is 0.261. The predicted octanol–water partition coefficient (Wildman–Crippen LogP) is 3.63. The van der Waals surface area contributed by atoms with Crippen molar-refractivity contribution in [1.82, 2.24) is 4.98 Å². The molecule has 1 aromatic heterocycles. The third kappa shape index (κ3) is 4.04. The van der Waals surface area contributed by atoms with Gasteiger partial charge in [0.05, 0.1) is 18.1 Å². The van der Waals surface area contributed by atoms with Gasteiger partial charge in [0.1, 0.15) is 0 Å². The summed E-state index contributed by atoms with van der Waals surface area (Å²) in [5.74, 6) is 1.74. The molecule has 0 unspecified atom stereocenters. The minimum Gasteiger partial charge on any atom is -0.493 e. The summed E-state index contributed by atoms with van der Waals surface area (Å²) in [5, 5.41) is 9.76. The second-order valence-corrected chi connectivity index (χ2v) is 6.30. The first-order valence-electron chi connectivity index (χ1n) is 7.33. The lowest BCUT2D eigenvalue weighted by atomic mass is 10.1. The van der Waals surface area contributed by atoms with Gasteiger partial charge in [0.15, 0.2) is 11.5 Å². The first-order chi connectivity index (χ1) is 10.5. The highest BCUT2D eigenvalue weighted by atomic mass is 32.1. The maximum Gasteiger partial charge on any atom is 0.307 e. The van der Waals surface area contributed by atoms with Crippen molar-refractivity contribution in [2.24, 2.45) is 5.92 Å². The van der Waals surface area contributed by atoms with Crippen molar-refractivity contribution in [3.05, 3.63) is 27.9 Å². The number of H-pyrrole nitrogens is 1. The third-order valence-corrected chi connectivity index (χ3v) is 4.01. The Balaban J connectivity index is 2.26. The second-order valence-electron chi connectivity index (χ2n) is 5.32. The van der Waals surface area contributed by atoms with E-state index in [0.717, 1.165) is 23.3 Å². The Morgan fingerprint density at radius 2 is 2.05 bits per heavy atom. The van der Waals surface area contributed by atoms with E-state index in [4.69, 9.17) is 9.47 Å². The number of aromatic hydroxyl groups is 1. The average molecular weight is 323 g/mol. The lowest BCUT2D eigenvalue weighted by Gasteiger charge is -2.14. The van der Waals surface area contributed by atoms with Crippen LogP contribution < -0.4 is 14.3 Å². The van der Waals surface area contributed by atoms with E-state index in [1.54, 1.807) is 6.07 Å². The molecule has 6 heteroatoms. The molecule has 1 heterocycles. The number of nitrogens with one attached hydrogen (secondary N) is 1. The fourth-order valence-electron chi connectivity index (χ4n) is 1.96. The number of aromatic nitrogens is 1. The topological polar surface area (TPSA) is 71.6 Å². The van der Waals surface area contributed by atoms with Crippen LogP contribution in [0.4, 0.5) is 0 Å². The summed E-state index contributed by atoms with van der Waals surface area (Å²) >= 11 is 0.964. The van der Waals surface area contributed by atoms with Crippen LogP contribution in [0.5, 0.6) is 17.4 Å². The Morgan fingerprint density at radius 3 is 2.64 bits per heavy atom. The predicted molar refractivity (Wildman–Crippen MR) is 88.2 cm³/mol. The summed E-state index contributed by atoms with van der Waals surface area (Å²) in [4.78, 5) is 13.9. The summed E-state index contributed by atoms with van der Waals surface area (Å²) in [5.41, 5.74) is 0.723. The number of aromatic amines is 1. The fraction of sp³-hybridized carbons (Fsp3) is 0.438. The van der Waals surface area contributed by atoms with Gasteiger partial charge < -0.3 is 14.6 Å². The molecule has 5 nitrogen and oxygen atoms in total. The summed E-state index contributed by atoms with van der Waals surface area (Å²) in [6, 6.07) is 5.41. The van der Waals surface area contributed by atoms with Crippen LogP contribution in [-0.4, -0.2) is 23.3 Å². The molecule has 0 saturated carbocycles. The van der Waals surface area contributed by atoms with Crippen LogP contribution in [-0.2, 0) is 0 Å². The standard InChI is InChI=1S/C16H21NO4S/c1-4-20-13-9-11(14-15(18)17-16(19)22-14)5-6-12(13)21-8-7-10(2)3/h5-6,9-10,18H,4,7-8H2,1-3H3,(H,17,19). The molecule has 2 N–H and O–H groups in total. The molecule has 0 aliphatic rings. The van der Waals surface area contributed by atoms with Gasteiger partial charge in [-0.2, -0.15) is 0 Å². The van der Waals surface area contributed by atoms with E-state index in [0.29, 0.717) is 35.5 Å². The molecular weight excluding hydrogens is 302 g/mol. The average Bonchev–Trinajstić information content (AvgIpc) is 2.79. The van der Waals surface area contributed by atoms with Gasteiger partial charge in [-0.15, -0.1) is 0 Å². The van der Waals surface area contributed by atoms with Crippen LogP contribution in [0.25, 0.3) is 10.4 Å². The zero-order chi connectivity index (χ0) is 16.1. The van der Waals surface area contributed by atoms with E-state index >= 15 is 0 Å². The van der Waals surface area contributed by atoms with E-state index in [2.05, 4.69) is 18.8 Å². The van der Waals surface area contributed by atoms with Crippen molar-refractivity contribution in [3.63, 3.8) is 0 Å². The molecule has 0 spiro atoms. The Hall–Kier alpha value is -1.95. The highest BCUT2D eigenvalue weighted by Gasteiger charge is 2.13. The Kier molecular flexibility index (Phi) is 5.49. The van der Waals surface area contributed by atoms with E-state index in [9.17, 15) is 9.90 Å². The quantitative estimate of drug-likeness (QED) is 0.816. The molecular formula is C16H21NO4S. The zero-order valence-corrected chi connectivity index (χ0v) is 13.8. The Bertz CT molecular complexity index is 675. The smallest absolute Gasteiger partial charge is 0.307 e. The Morgan fingerprint density at radius 1 is 1.27 bits per heavy atom. The van der Waals surface area contributed by atoms with Crippen LogP contribution >= 0.6 is 11.3 Å². The van der Waals surface area contributed by atoms with Gasteiger partial charge in [-0.3, -0.25) is 9.78 Å². The van der Waals surface area contributed by atoms with Crippen LogP contribution in [0.15, 0.2) is 23.0 Å². The van der Waals surface area contributed by atoms with Gasteiger partial charge >= 0.3 is 4.87 Å². The number of hydrogen-bond acceptors (Lipinski definition) is 5.